The Hall–Kier alpha value is -3.74. The largest absolute Gasteiger partial charge is 0.366 e. The molecule has 0 atom stereocenters. The highest BCUT2D eigenvalue weighted by molar-refractivity contribution is 6.08. The molecule has 0 radical (unpaired) electrons. The molecular weight excluding hydrogens is 345 g/mol. The maximum absolute atomic E-state index is 13.3. The third-order valence-corrected chi connectivity index (χ3v) is 4.01. The van der Waals surface area contributed by atoms with Crippen LogP contribution in [0.5, 0.6) is 0 Å². The third-order valence-electron chi connectivity index (χ3n) is 4.01. The summed E-state index contributed by atoms with van der Waals surface area (Å²) in [6.07, 6.45) is 3.20. The highest BCUT2D eigenvalue weighted by Gasteiger charge is 2.14. The zero-order chi connectivity index (χ0) is 18.6. The van der Waals surface area contributed by atoms with Crippen LogP contribution in [0.4, 0.5) is 15.9 Å². The van der Waals surface area contributed by atoms with E-state index < -0.39 is 0 Å². The van der Waals surface area contributed by atoms with E-state index in [0.717, 1.165) is 5.56 Å². The maximum Gasteiger partial charge on any atom is 0.261 e. The van der Waals surface area contributed by atoms with Crippen LogP contribution in [0.25, 0.3) is 5.65 Å². The molecule has 0 unspecified atom stereocenters. The Kier molecular flexibility index (Phi) is 4.49. The number of nitrogens with one attached hydrogen (secondary N) is 2. The van der Waals surface area contributed by atoms with Gasteiger partial charge in [-0.15, -0.1) is 0 Å². The van der Waals surface area contributed by atoms with Gasteiger partial charge in [0.25, 0.3) is 5.91 Å². The normalized spacial score (nSPS) is 10.7. The standard InChI is InChI=1S/C20H16FN5O/c21-15-6-4-5-14(11-15)12-22-18-9-10-26-19(25-18)17(13-23-26)20(27)24-16-7-2-1-3-8-16/h1-11,13H,12H2,(H,22,25)(H,24,27). The molecule has 0 bridgehead atoms. The summed E-state index contributed by atoms with van der Waals surface area (Å²) in [6.45, 7) is 0.417. The predicted octanol–water partition coefficient (Wildman–Crippen LogP) is 3.73. The highest BCUT2D eigenvalue weighted by atomic mass is 19.1. The number of aromatic nitrogens is 3. The molecule has 134 valence electrons. The summed E-state index contributed by atoms with van der Waals surface area (Å²) in [5, 5.41) is 10.1. The van der Waals surface area contributed by atoms with Crippen molar-refractivity contribution < 1.29 is 9.18 Å². The Labute approximate surface area is 154 Å². The Morgan fingerprint density at radius 1 is 1.07 bits per heavy atom. The Bertz CT molecular complexity index is 1090. The second kappa shape index (κ2) is 7.25. The number of hydrogen-bond donors (Lipinski definition) is 2. The number of carbonyl (C=O) groups excluding carboxylic acids is 1. The van der Waals surface area contributed by atoms with E-state index in [-0.39, 0.29) is 11.7 Å². The van der Waals surface area contributed by atoms with E-state index in [9.17, 15) is 9.18 Å². The molecule has 0 aliphatic rings. The van der Waals surface area contributed by atoms with Crippen molar-refractivity contribution in [1.82, 2.24) is 14.6 Å². The molecule has 6 nitrogen and oxygen atoms in total. The Balaban J connectivity index is 1.54. The number of anilines is 2. The molecule has 0 saturated carbocycles. The van der Waals surface area contributed by atoms with Crippen LogP contribution in [0.15, 0.2) is 73.1 Å². The van der Waals surface area contributed by atoms with Gasteiger partial charge in [-0.3, -0.25) is 4.79 Å². The number of hydrogen-bond acceptors (Lipinski definition) is 4. The molecule has 4 aromatic rings. The van der Waals surface area contributed by atoms with E-state index in [0.29, 0.717) is 29.3 Å². The quantitative estimate of drug-likeness (QED) is 0.568. The molecule has 2 aromatic carbocycles. The monoisotopic (exact) mass is 361 g/mol. The number of benzene rings is 2. The smallest absolute Gasteiger partial charge is 0.261 e. The fourth-order valence-electron chi connectivity index (χ4n) is 2.69. The van der Waals surface area contributed by atoms with E-state index in [1.165, 1.54) is 22.8 Å². The summed E-state index contributed by atoms with van der Waals surface area (Å²) in [5.41, 5.74) is 2.30. The van der Waals surface area contributed by atoms with E-state index in [2.05, 4.69) is 20.7 Å². The zero-order valence-corrected chi connectivity index (χ0v) is 14.3. The average molecular weight is 361 g/mol. The lowest BCUT2D eigenvalue weighted by atomic mass is 10.2. The van der Waals surface area contributed by atoms with E-state index >= 15 is 0 Å². The molecule has 0 spiro atoms. The summed E-state index contributed by atoms with van der Waals surface area (Å²) in [7, 11) is 0. The average Bonchev–Trinajstić information content (AvgIpc) is 3.10. The molecule has 2 N–H and O–H groups in total. The van der Waals surface area contributed by atoms with Crippen molar-refractivity contribution in [3.8, 4) is 0 Å². The minimum absolute atomic E-state index is 0.284. The first-order valence-electron chi connectivity index (χ1n) is 8.38. The van der Waals surface area contributed by atoms with Crippen LogP contribution < -0.4 is 10.6 Å². The van der Waals surface area contributed by atoms with Crippen molar-refractivity contribution in [3.05, 3.63) is 90.0 Å². The topological polar surface area (TPSA) is 71.3 Å². The fourth-order valence-corrected chi connectivity index (χ4v) is 2.69. The Morgan fingerprint density at radius 2 is 1.93 bits per heavy atom. The Morgan fingerprint density at radius 3 is 2.74 bits per heavy atom. The summed E-state index contributed by atoms with van der Waals surface area (Å²) >= 11 is 0. The van der Waals surface area contributed by atoms with Crippen LogP contribution in [0, 0.1) is 5.82 Å². The summed E-state index contributed by atoms with van der Waals surface area (Å²) in [5.74, 6) is 0.000346. The van der Waals surface area contributed by atoms with Gasteiger partial charge in [0, 0.05) is 18.4 Å². The second-order valence-electron chi connectivity index (χ2n) is 5.94. The molecule has 2 heterocycles. The molecule has 4 rings (SSSR count). The van der Waals surface area contributed by atoms with Gasteiger partial charge < -0.3 is 10.6 Å². The van der Waals surface area contributed by atoms with Crippen LogP contribution >= 0.6 is 0 Å². The first-order valence-corrected chi connectivity index (χ1v) is 8.38. The van der Waals surface area contributed by atoms with Crippen molar-refractivity contribution in [2.75, 3.05) is 10.6 Å². The molecule has 0 aliphatic heterocycles. The summed E-state index contributed by atoms with van der Waals surface area (Å²) < 4.78 is 14.8. The molecular formula is C20H16FN5O. The number of carbonyl (C=O) groups is 1. The number of amides is 1. The number of rotatable bonds is 5. The van der Waals surface area contributed by atoms with E-state index in [1.54, 1.807) is 18.3 Å². The number of nitrogens with zero attached hydrogens (tertiary/aromatic N) is 3. The fraction of sp³-hybridized carbons (Fsp3) is 0.0500. The first kappa shape index (κ1) is 16.7. The van der Waals surface area contributed by atoms with Gasteiger partial charge in [0.15, 0.2) is 5.65 Å². The second-order valence-corrected chi connectivity index (χ2v) is 5.94. The van der Waals surface area contributed by atoms with Crippen molar-refractivity contribution in [1.29, 1.82) is 0 Å². The molecule has 0 aliphatic carbocycles. The number of halogens is 1. The lowest BCUT2D eigenvalue weighted by Gasteiger charge is -2.07. The first-order chi connectivity index (χ1) is 13.2. The zero-order valence-electron chi connectivity index (χ0n) is 14.3. The number of fused-ring (bicyclic) bond motifs is 1. The van der Waals surface area contributed by atoms with Gasteiger partial charge in [-0.1, -0.05) is 30.3 Å². The summed E-state index contributed by atoms with van der Waals surface area (Å²) in [6, 6.07) is 17.3. The lowest BCUT2D eigenvalue weighted by Crippen LogP contribution is -2.12. The van der Waals surface area contributed by atoms with Gasteiger partial charge in [0.05, 0.1) is 6.20 Å². The SMILES string of the molecule is O=C(Nc1ccccc1)c1cnn2ccc(NCc3cccc(F)c3)nc12. The minimum Gasteiger partial charge on any atom is -0.366 e. The van der Waals surface area contributed by atoms with Crippen LogP contribution in [-0.2, 0) is 6.54 Å². The van der Waals surface area contributed by atoms with Crippen molar-refractivity contribution >= 4 is 23.1 Å². The highest BCUT2D eigenvalue weighted by Crippen LogP contribution is 2.15. The predicted molar refractivity (Wildman–Crippen MR) is 101 cm³/mol. The van der Waals surface area contributed by atoms with E-state index in [4.69, 9.17) is 0 Å². The molecule has 0 saturated heterocycles. The van der Waals surface area contributed by atoms with Crippen molar-refractivity contribution in [3.63, 3.8) is 0 Å². The third kappa shape index (κ3) is 3.77. The van der Waals surface area contributed by atoms with E-state index in [1.807, 2.05) is 36.4 Å². The van der Waals surface area contributed by atoms with Gasteiger partial charge in [0.1, 0.15) is 17.2 Å². The van der Waals surface area contributed by atoms with Crippen LogP contribution in [0.3, 0.4) is 0 Å². The molecule has 0 fully saturated rings. The van der Waals surface area contributed by atoms with Gasteiger partial charge in [-0.25, -0.2) is 13.9 Å². The molecule has 7 heteroatoms. The number of para-hydroxylation sites is 1. The van der Waals surface area contributed by atoms with Crippen molar-refractivity contribution in [2.45, 2.75) is 6.54 Å². The molecule has 27 heavy (non-hydrogen) atoms. The maximum atomic E-state index is 13.3. The van der Waals surface area contributed by atoms with Gasteiger partial charge in [-0.2, -0.15) is 5.10 Å². The van der Waals surface area contributed by atoms with Gasteiger partial charge >= 0.3 is 0 Å². The summed E-state index contributed by atoms with van der Waals surface area (Å²) in [4.78, 5) is 17.0. The van der Waals surface area contributed by atoms with Crippen LogP contribution in [0.1, 0.15) is 15.9 Å². The van der Waals surface area contributed by atoms with Crippen LogP contribution in [0.2, 0.25) is 0 Å². The molecule has 2 aromatic heterocycles. The molecule has 1 amide bonds. The lowest BCUT2D eigenvalue weighted by molar-refractivity contribution is 0.102. The van der Waals surface area contributed by atoms with Crippen LogP contribution in [-0.4, -0.2) is 20.5 Å². The van der Waals surface area contributed by atoms with Gasteiger partial charge in [-0.05, 0) is 35.9 Å². The minimum atomic E-state index is -0.286. The van der Waals surface area contributed by atoms with Gasteiger partial charge in [0.2, 0.25) is 0 Å². The van der Waals surface area contributed by atoms with Crippen molar-refractivity contribution in [2.24, 2.45) is 0 Å².